The monoisotopic (exact) mass is 413 g/mol. The number of amides is 3. The summed E-state index contributed by atoms with van der Waals surface area (Å²) in [7, 11) is 0. The van der Waals surface area contributed by atoms with Crippen LogP contribution in [0.2, 0.25) is 0 Å². The van der Waals surface area contributed by atoms with Gasteiger partial charge in [-0.1, -0.05) is 23.4 Å². The third-order valence-electron chi connectivity index (χ3n) is 4.88. The van der Waals surface area contributed by atoms with E-state index >= 15 is 0 Å². The quantitative estimate of drug-likeness (QED) is 0.708. The number of hydrogen-bond acceptors (Lipinski definition) is 6. The molecule has 1 fully saturated rings. The van der Waals surface area contributed by atoms with Gasteiger partial charge in [-0.05, 0) is 26.0 Å². The van der Waals surface area contributed by atoms with E-state index in [4.69, 9.17) is 4.52 Å². The van der Waals surface area contributed by atoms with E-state index in [1.807, 2.05) is 17.9 Å². The van der Waals surface area contributed by atoms with Crippen molar-refractivity contribution in [3.63, 3.8) is 0 Å². The van der Waals surface area contributed by atoms with Gasteiger partial charge in [0.05, 0.1) is 6.54 Å². The van der Waals surface area contributed by atoms with Crippen molar-refractivity contribution in [2.45, 2.75) is 26.3 Å². The first-order valence-corrected chi connectivity index (χ1v) is 10.00. The van der Waals surface area contributed by atoms with Crippen molar-refractivity contribution in [1.29, 1.82) is 0 Å². The van der Waals surface area contributed by atoms with Gasteiger partial charge in [-0.3, -0.25) is 19.3 Å². The van der Waals surface area contributed by atoms with Crippen LogP contribution in [0.1, 0.15) is 29.5 Å². The van der Waals surface area contributed by atoms with Crippen LogP contribution >= 0.6 is 0 Å². The zero-order valence-electron chi connectivity index (χ0n) is 17.3. The number of carbonyl (C=O) groups excluding carboxylic acids is 3. The highest BCUT2D eigenvalue weighted by Crippen LogP contribution is 2.09. The van der Waals surface area contributed by atoms with Crippen molar-refractivity contribution in [3.05, 3.63) is 47.7 Å². The lowest BCUT2D eigenvalue weighted by molar-refractivity contribution is -0.133. The van der Waals surface area contributed by atoms with E-state index in [9.17, 15) is 14.4 Å². The Morgan fingerprint density at radius 2 is 1.83 bits per heavy atom. The summed E-state index contributed by atoms with van der Waals surface area (Å²) >= 11 is 0. The van der Waals surface area contributed by atoms with Crippen molar-refractivity contribution >= 4 is 23.5 Å². The summed E-state index contributed by atoms with van der Waals surface area (Å²) in [5, 5.41) is 9.30. The Hall–Kier alpha value is -3.20. The average Bonchev–Trinajstić information content (AvgIpc) is 3.13. The number of piperazine rings is 1. The van der Waals surface area contributed by atoms with Crippen LogP contribution in [0.25, 0.3) is 0 Å². The van der Waals surface area contributed by atoms with Gasteiger partial charge < -0.3 is 20.1 Å². The van der Waals surface area contributed by atoms with Gasteiger partial charge in [0.25, 0.3) is 5.91 Å². The standard InChI is InChI=1S/C21H27N5O4/c1-15(22-21(29)17-6-4-3-5-7-17)12-20(28)26-10-8-25(9-11-26)14-19(27)23-18-13-16(2)30-24-18/h3-7,13,15H,8-12,14H2,1-2H3,(H,22,29)(H,23,24,27). The van der Waals surface area contributed by atoms with Crippen molar-refractivity contribution in [2.75, 3.05) is 38.0 Å². The van der Waals surface area contributed by atoms with Crippen LogP contribution in [0.15, 0.2) is 40.9 Å². The SMILES string of the molecule is Cc1cc(NC(=O)CN2CCN(C(=O)CC(C)NC(=O)c3ccccc3)CC2)no1. The van der Waals surface area contributed by atoms with Crippen LogP contribution in [0.5, 0.6) is 0 Å². The van der Waals surface area contributed by atoms with Crippen LogP contribution in [0.4, 0.5) is 5.82 Å². The van der Waals surface area contributed by atoms with Crippen LogP contribution in [-0.4, -0.2) is 71.4 Å². The number of nitrogens with one attached hydrogen (secondary N) is 2. The van der Waals surface area contributed by atoms with Crippen molar-refractivity contribution < 1.29 is 18.9 Å². The number of hydrogen-bond donors (Lipinski definition) is 2. The van der Waals surface area contributed by atoms with Gasteiger partial charge in [0, 0.05) is 50.3 Å². The number of anilines is 1. The van der Waals surface area contributed by atoms with Crippen molar-refractivity contribution in [3.8, 4) is 0 Å². The molecule has 9 nitrogen and oxygen atoms in total. The molecule has 3 amide bonds. The first-order chi connectivity index (χ1) is 14.4. The molecule has 3 rings (SSSR count). The zero-order valence-corrected chi connectivity index (χ0v) is 17.3. The lowest BCUT2D eigenvalue weighted by Crippen LogP contribution is -2.51. The summed E-state index contributed by atoms with van der Waals surface area (Å²) in [5.74, 6) is 0.678. The lowest BCUT2D eigenvalue weighted by Gasteiger charge is -2.34. The fourth-order valence-corrected chi connectivity index (χ4v) is 3.30. The van der Waals surface area contributed by atoms with E-state index in [2.05, 4.69) is 15.8 Å². The van der Waals surface area contributed by atoms with E-state index < -0.39 is 0 Å². The molecule has 1 unspecified atom stereocenters. The number of carbonyl (C=O) groups is 3. The molecule has 30 heavy (non-hydrogen) atoms. The zero-order chi connectivity index (χ0) is 21.5. The van der Waals surface area contributed by atoms with Crippen molar-refractivity contribution in [1.82, 2.24) is 20.3 Å². The number of aromatic nitrogens is 1. The Balaban J connectivity index is 1.38. The van der Waals surface area contributed by atoms with Crippen molar-refractivity contribution in [2.24, 2.45) is 0 Å². The van der Waals surface area contributed by atoms with E-state index in [1.54, 1.807) is 42.2 Å². The summed E-state index contributed by atoms with van der Waals surface area (Å²) < 4.78 is 4.93. The highest BCUT2D eigenvalue weighted by Gasteiger charge is 2.24. The predicted octanol–water partition coefficient (Wildman–Crippen LogP) is 1.27. The molecule has 9 heteroatoms. The molecule has 1 aliphatic rings. The maximum absolute atomic E-state index is 12.6. The van der Waals surface area contributed by atoms with E-state index in [-0.39, 0.29) is 36.7 Å². The number of nitrogens with zero attached hydrogens (tertiary/aromatic N) is 3. The molecule has 160 valence electrons. The summed E-state index contributed by atoms with van der Waals surface area (Å²) in [6, 6.07) is 10.3. The minimum Gasteiger partial charge on any atom is -0.360 e. The summed E-state index contributed by atoms with van der Waals surface area (Å²) in [6.45, 7) is 6.14. The third kappa shape index (κ3) is 6.15. The molecule has 1 aromatic heterocycles. The Bertz CT molecular complexity index is 875. The first-order valence-electron chi connectivity index (χ1n) is 10.00. The minimum atomic E-state index is -0.264. The fourth-order valence-electron chi connectivity index (χ4n) is 3.30. The molecular formula is C21H27N5O4. The lowest BCUT2D eigenvalue weighted by atomic mass is 10.1. The highest BCUT2D eigenvalue weighted by molar-refractivity contribution is 5.94. The molecule has 1 saturated heterocycles. The first kappa shape index (κ1) is 21.5. The van der Waals surface area contributed by atoms with Gasteiger partial charge in [0.1, 0.15) is 5.76 Å². The van der Waals surface area contributed by atoms with Gasteiger partial charge in [-0.25, -0.2) is 0 Å². The minimum absolute atomic E-state index is 0.00182. The van der Waals surface area contributed by atoms with E-state index in [0.29, 0.717) is 43.3 Å². The molecule has 0 aliphatic carbocycles. The largest absolute Gasteiger partial charge is 0.360 e. The molecule has 0 radical (unpaired) electrons. The highest BCUT2D eigenvalue weighted by atomic mass is 16.5. The van der Waals surface area contributed by atoms with Crippen LogP contribution in [0.3, 0.4) is 0 Å². The van der Waals surface area contributed by atoms with E-state index in [1.165, 1.54) is 0 Å². The topological polar surface area (TPSA) is 108 Å². The second-order valence-electron chi connectivity index (χ2n) is 7.47. The van der Waals surface area contributed by atoms with Crippen LogP contribution < -0.4 is 10.6 Å². The third-order valence-corrected chi connectivity index (χ3v) is 4.88. The number of rotatable bonds is 7. The molecule has 1 aromatic carbocycles. The van der Waals surface area contributed by atoms with Crippen LogP contribution in [0, 0.1) is 6.92 Å². The van der Waals surface area contributed by atoms with E-state index in [0.717, 1.165) is 0 Å². The Morgan fingerprint density at radius 1 is 1.13 bits per heavy atom. The Kier molecular flexibility index (Phi) is 7.18. The molecule has 1 atom stereocenters. The normalized spacial score (nSPS) is 15.5. The van der Waals surface area contributed by atoms with Gasteiger partial charge in [-0.2, -0.15) is 0 Å². The summed E-state index contributed by atoms with van der Waals surface area (Å²) in [6.07, 6.45) is 0.241. The number of aryl methyl sites for hydroxylation is 1. The fraction of sp³-hybridized carbons (Fsp3) is 0.429. The summed E-state index contributed by atoms with van der Waals surface area (Å²) in [4.78, 5) is 40.6. The molecule has 1 aliphatic heterocycles. The molecule has 0 saturated carbocycles. The van der Waals surface area contributed by atoms with Gasteiger partial charge in [0.2, 0.25) is 11.8 Å². The molecule has 0 bridgehead atoms. The van der Waals surface area contributed by atoms with Gasteiger partial charge in [0.15, 0.2) is 5.82 Å². The predicted molar refractivity (Wildman–Crippen MR) is 111 cm³/mol. The van der Waals surface area contributed by atoms with Crippen LogP contribution in [-0.2, 0) is 9.59 Å². The molecule has 2 heterocycles. The van der Waals surface area contributed by atoms with Gasteiger partial charge >= 0.3 is 0 Å². The molecule has 2 aromatic rings. The second-order valence-corrected chi connectivity index (χ2v) is 7.47. The Labute approximate surface area is 175 Å². The number of benzene rings is 1. The maximum Gasteiger partial charge on any atom is 0.251 e. The smallest absolute Gasteiger partial charge is 0.251 e. The maximum atomic E-state index is 12.6. The second kappa shape index (κ2) is 10.0. The Morgan fingerprint density at radius 3 is 2.47 bits per heavy atom. The summed E-state index contributed by atoms with van der Waals surface area (Å²) in [5.41, 5.74) is 0.574. The molecule has 2 N–H and O–H groups in total. The average molecular weight is 413 g/mol. The molecular weight excluding hydrogens is 386 g/mol. The molecule has 0 spiro atoms. The van der Waals surface area contributed by atoms with Gasteiger partial charge in [-0.15, -0.1) is 0 Å².